The number of halogens is 1. The predicted molar refractivity (Wildman–Crippen MR) is 135 cm³/mol. The van der Waals surface area contributed by atoms with Crippen LogP contribution in [-0.2, 0) is 18.6 Å². The van der Waals surface area contributed by atoms with E-state index in [0.717, 1.165) is 19.1 Å². The van der Waals surface area contributed by atoms with E-state index in [1.165, 1.54) is 0 Å². The minimum absolute atomic E-state index is 0. The van der Waals surface area contributed by atoms with E-state index in [2.05, 4.69) is 33.4 Å². The van der Waals surface area contributed by atoms with Crippen molar-refractivity contribution in [1.29, 1.82) is 5.41 Å². The molecule has 0 bridgehead atoms. The number of imidazole rings is 1. The van der Waals surface area contributed by atoms with Crippen LogP contribution in [0.1, 0.15) is 29.2 Å². The van der Waals surface area contributed by atoms with E-state index in [4.69, 9.17) is 11.1 Å². The Morgan fingerprint density at radius 1 is 1.43 bits per heavy atom. The molecule has 0 saturated carbocycles. The van der Waals surface area contributed by atoms with Gasteiger partial charge < -0.3 is 21.0 Å². The fourth-order valence-corrected chi connectivity index (χ4v) is 3.60. The van der Waals surface area contributed by atoms with Gasteiger partial charge in [-0.1, -0.05) is 24.8 Å². The number of carbonyl (C=O) groups is 1. The zero-order chi connectivity index (χ0) is 23.6. The number of aliphatic imine (C=N–C) groups is 1. The van der Waals surface area contributed by atoms with Gasteiger partial charge in [-0.3, -0.25) is 19.5 Å². The molecule has 0 unspecified atom stereocenters. The first kappa shape index (κ1) is 29.3. The number of aromatic nitrogens is 3. The molecule has 1 fully saturated rings. The number of nitrogens with one attached hydrogen (secondary N) is 2. The first-order valence-electron chi connectivity index (χ1n) is 10.7. The predicted octanol–water partition coefficient (Wildman–Crippen LogP) is 3.75. The number of aromatic amines is 1. The molecule has 35 heavy (non-hydrogen) atoms. The van der Waals surface area contributed by atoms with Crippen LogP contribution in [0.3, 0.4) is 0 Å². The minimum Gasteiger partial charge on any atom is -0.398 e. The summed E-state index contributed by atoms with van der Waals surface area (Å²) in [6.07, 6.45) is 14.4. The average Bonchev–Trinajstić information content (AvgIpc) is 3.48. The Kier molecular flexibility index (Phi) is 12.2. The number of hydrogen-bond donors (Lipinski definition) is 3. The van der Waals surface area contributed by atoms with E-state index < -0.39 is 0 Å². The van der Waals surface area contributed by atoms with E-state index in [0.29, 0.717) is 47.3 Å². The number of likely N-dealkylation sites (tertiary alicyclic amines) is 1. The summed E-state index contributed by atoms with van der Waals surface area (Å²) in [6.45, 7) is 8.37. The number of carbonyl (C=O) groups excluding carboxylic acids is 1. The Morgan fingerprint density at radius 3 is 2.89 bits per heavy atom. The standard InChI is InChI=1S/C25H28N7O.FH.V/c1-3-5-11-20(27)18(15-26)16-28-17-19-10-8-14-32(19)25(33)24-23(21-12-6-7-13-29-21)30-22(31-24)9-4-2;;/h3-7,9,11-13,15-16,19,26H,1-2,8,10,14,17,27H2,(H,30,31);1H;/q-1;;/b9-4-,11-5-,20-18-,26-15?,28-16?;;/t19-;;/m0../s1. The number of allylic oxidation sites excluding steroid dienone is 5. The topological polar surface area (TPSA) is 124 Å². The zero-order valence-electron chi connectivity index (χ0n) is 19.3. The van der Waals surface area contributed by atoms with Gasteiger partial charge in [-0.15, -0.1) is 0 Å². The van der Waals surface area contributed by atoms with Crippen molar-refractivity contribution in [1.82, 2.24) is 19.9 Å². The van der Waals surface area contributed by atoms with Gasteiger partial charge in [0, 0.05) is 60.8 Å². The van der Waals surface area contributed by atoms with Crippen LogP contribution in [0, 0.1) is 12.3 Å². The monoisotopic (exact) mass is 513 g/mol. The molecule has 4 N–H and O–H groups in total. The van der Waals surface area contributed by atoms with E-state index in [1.807, 2.05) is 23.1 Å². The van der Waals surface area contributed by atoms with Crippen LogP contribution in [0.25, 0.3) is 17.5 Å². The van der Waals surface area contributed by atoms with Crippen molar-refractivity contribution in [3.8, 4) is 11.4 Å². The molecule has 0 aromatic carbocycles. The first-order chi connectivity index (χ1) is 16.1. The van der Waals surface area contributed by atoms with Crippen molar-refractivity contribution >= 4 is 24.4 Å². The maximum absolute atomic E-state index is 13.5. The van der Waals surface area contributed by atoms with Gasteiger partial charge in [0.2, 0.25) is 0 Å². The summed E-state index contributed by atoms with van der Waals surface area (Å²) < 4.78 is 0. The SMILES string of the molecule is C=C/C=C\C(N)=C(/C=N)C=NC[C@@H]1CCCN1C(=O)c1[nH]c(/C=C\[CH2-])nc1-c1ccccn1.F.[V]. The molecule has 183 valence electrons. The Labute approximate surface area is 216 Å². The van der Waals surface area contributed by atoms with Crippen LogP contribution in [0.5, 0.6) is 0 Å². The number of hydrogen-bond acceptors (Lipinski definition) is 6. The Morgan fingerprint density at radius 2 is 2.23 bits per heavy atom. The molecule has 8 nitrogen and oxygen atoms in total. The summed E-state index contributed by atoms with van der Waals surface area (Å²) in [7, 11) is 0. The maximum Gasteiger partial charge on any atom is 0.272 e. The molecule has 1 radical (unpaired) electrons. The van der Waals surface area contributed by atoms with E-state index in [1.54, 1.807) is 42.8 Å². The van der Waals surface area contributed by atoms with E-state index in [9.17, 15) is 4.79 Å². The summed E-state index contributed by atoms with van der Waals surface area (Å²) in [4.78, 5) is 31.8. The van der Waals surface area contributed by atoms with E-state index >= 15 is 0 Å². The molecule has 1 atom stereocenters. The third kappa shape index (κ3) is 7.40. The fourth-order valence-electron chi connectivity index (χ4n) is 3.60. The summed E-state index contributed by atoms with van der Waals surface area (Å²) >= 11 is 0. The van der Waals surface area contributed by atoms with Crippen LogP contribution in [-0.4, -0.2) is 57.3 Å². The second kappa shape index (κ2) is 14.5. The first-order valence-corrected chi connectivity index (χ1v) is 10.7. The molecule has 1 aliphatic heterocycles. The molecule has 1 aliphatic rings. The summed E-state index contributed by atoms with van der Waals surface area (Å²) in [5, 5.41) is 7.57. The maximum atomic E-state index is 13.5. The largest absolute Gasteiger partial charge is 0.398 e. The van der Waals surface area contributed by atoms with Crippen molar-refractivity contribution in [2.75, 3.05) is 13.1 Å². The molecular formula is C25H29FN7OV-. The number of rotatable bonds is 9. The van der Waals surface area contributed by atoms with Crippen LogP contribution >= 0.6 is 0 Å². The molecular weight excluding hydrogens is 484 g/mol. The molecule has 2 aromatic rings. The smallest absolute Gasteiger partial charge is 0.272 e. The molecule has 2 aromatic heterocycles. The zero-order valence-corrected chi connectivity index (χ0v) is 20.7. The molecule has 0 spiro atoms. The Balaban J connectivity index is 0.00000306. The van der Waals surface area contributed by atoms with Crippen molar-refractivity contribution < 1.29 is 28.1 Å². The van der Waals surface area contributed by atoms with Gasteiger partial charge >= 0.3 is 0 Å². The quantitative estimate of drug-likeness (QED) is 0.268. The second-order valence-electron chi connectivity index (χ2n) is 7.40. The van der Waals surface area contributed by atoms with Crippen LogP contribution < -0.4 is 5.73 Å². The number of nitrogens with two attached hydrogens (primary N) is 1. The molecule has 10 heteroatoms. The number of H-pyrrole nitrogens is 1. The second-order valence-corrected chi connectivity index (χ2v) is 7.40. The van der Waals surface area contributed by atoms with Gasteiger partial charge in [0.15, 0.2) is 0 Å². The molecule has 3 heterocycles. The molecule has 0 aliphatic carbocycles. The third-order valence-corrected chi connectivity index (χ3v) is 5.20. The summed E-state index contributed by atoms with van der Waals surface area (Å²) in [6, 6.07) is 5.45. The molecule has 1 amide bonds. The number of nitrogens with zero attached hydrogens (tertiary/aromatic N) is 4. The minimum atomic E-state index is -0.138. The number of pyridine rings is 1. The van der Waals surface area contributed by atoms with Crippen molar-refractivity contribution in [3.05, 3.63) is 85.0 Å². The van der Waals surface area contributed by atoms with Gasteiger partial charge in [0.1, 0.15) is 11.4 Å². The van der Waals surface area contributed by atoms with Gasteiger partial charge in [-0.2, -0.15) is 6.08 Å². The van der Waals surface area contributed by atoms with Crippen molar-refractivity contribution in [2.24, 2.45) is 10.7 Å². The fraction of sp³-hybridized carbons (Fsp3) is 0.200. The summed E-state index contributed by atoms with van der Waals surface area (Å²) in [5.74, 6) is 0.410. The van der Waals surface area contributed by atoms with Crippen LogP contribution in [0.4, 0.5) is 4.70 Å². The summed E-state index contributed by atoms with van der Waals surface area (Å²) in [5.41, 5.74) is 8.43. The Hall–Kier alpha value is -3.69. The third-order valence-electron chi connectivity index (χ3n) is 5.20. The normalized spacial score (nSPS) is 16.2. The molecule has 3 rings (SSSR count). The van der Waals surface area contributed by atoms with Crippen LogP contribution in [0.2, 0.25) is 0 Å². The van der Waals surface area contributed by atoms with Crippen LogP contribution in [0.15, 0.2) is 71.5 Å². The van der Waals surface area contributed by atoms with Crippen molar-refractivity contribution in [2.45, 2.75) is 18.9 Å². The Bertz CT molecular complexity index is 1120. The number of amides is 1. The van der Waals surface area contributed by atoms with Gasteiger partial charge in [0.05, 0.1) is 18.3 Å². The van der Waals surface area contributed by atoms with E-state index in [-0.39, 0.29) is 35.2 Å². The molecule has 1 saturated heterocycles. The van der Waals surface area contributed by atoms with Crippen molar-refractivity contribution in [3.63, 3.8) is 0 Å². The van der Waals surface area contributed by atoms with Gasteiger partial charge in [-0.05, 0) is 31.1 Å². The van der Waals surface area contributed by atoms with Gasteiger partial charge in [0.25, 0.3) is 5.91 Å². The van der Waals surface area contributed by atoms with Gasteiger partial charge in [-0.25, -0.2) is 18.0 Å². The average molecular weight is 513 g/mol.